The fourth-order valence-corrected chi connectivity index (χ4v) is 1.85. The maximum absolute atomic E-state index is 11.8. The van der Waals surface area contributed by atoms with Gasteiger partial charge in [-0.2, -0.15) is 0 Å². The van der Waals surface area contributed by atoms with Gasteiger partial charge in [-0.25, -0.2) is 0 Å². The molecule has 94 valence electrons. The Kier molecular flexibility index (Phi) is 3.76. The average molecular weight is 237 g/mol. The monoisotopic (exact) mass is 237 g/mol. The highest BCUT2D eigenvalue weighted by atomic mass is 16.3. The van der Waals surface area contributed by atoms with E-state index >= 15 is 0 Å². The number of nitrogens with zero attached hydrogens (tertiary/aromatic N) is 1. The minimum atomic E-state index is -0.302. The zero-order valence-electron chi connectivity index (χ0n) is 10.8. The van der Waals surface area contributed by atoms with Crippen molar-refractivity contribution in [1.82, 2.24) is 4.90 Å². The molecule has 4 heteroatoms. The highest BCUT2D eigenvalue weighted by Gasteiger charge is 2.37. The van der Waals surface area contributed by atoms with Crippen LogP contribution >= 0.6 is 0 Å². The van der Waals surface area contributed by atoms with E-state index in [-0.39, 0.29) is 28.3 Å². The minimum absolute atomic E-state index is 0.0533. The van der Waals surface area contributed by atoms with Crippen LogP contribution in [0.25, 0.3) is 0 Å². The molecule has 1 fully saturated rings. The van der Waals surface area contributed by atoms with Gasteiger partial charge in [-0.1, -0.05) is 13.8 Å². The molecule has 1 aliphatic carbocycles. The second-order valence-corrected chi connectivity index (χ2v) is 5.40. The van der Waals surface area contributed by atoms with Gasteiger partial charge in [0.25, 0.3) is 0 Å². The van der Waals surface area contributed by atoms with Crippen LogP contribution in [-0.2, 0) is 9.59 Å². The summed E-state index contributed by atoms with van der Waals surface area (Å²) in [6.07, 6.45) is 3.58. The maximum Gasteiger partial charge on any atom is 0.170 e. The zero-order chi connectivity index (χ0) is 13.2. The molecule has 0 bridgehead atoms. The van der Waals surface area contributed by atoms with Gasteiger partial charge < -0.3 is 10.0 Å². The van der Waals surface area contributed by atoms with Crippen LogP contribution in [0, 0.1) is 5.41 Å². The van der Waals surface area contributed by atoms with Gasteiger partial charge in [-0.05, 0) is 11.5 Å². The molecular formula is C13H19NO3. The third-order valence-electron chi connectivity index (χ3n) is 2.62. The van der Waals surface area contributed by atoms with Gasteiger partial charge in [0.05, 0.1) is 0 Å². The second-order valence-electron chi connectivity index (χ2n) is 5.40. The standard InChI is InChI=1S/C13H19NO3/c1-13(2)7-10(16)12(11(17)8-13)9(15)5-6-14(3)4/h5-6,15H,7-8H2,1-4H3/b6-5+. The molecule has 0 aromatic rings. The summed E-state index contributed by atoms with van der Waals surface area (Å²) < 4.78 is 0. The van der Waals surface area contributed by atoms with E-state index in [1.54, 1.807) is 25.2 Å². The van der Waals surface area contributed by atoms with Crippen molar-refractivity contribution in [1.29, 1.82) is 0 Å². The lowest BCUT2D eigenvalue weighted by atomic mass is 9.74. The normalized spacial score (nSPS) is 19.9. The van der Waals surface area contributed by atoms with E-state index in [9.17, 15) is 14.7 Å². The third kappa shape index (κ3) is 3.44. The Morgan fingerprint density at radius 2 is 1.71 bits per heavy atom. The summed E-state index contributed by atoms with van der Waals surface area (Å²) in [5, 5.41) is 9.76. The quantitative estimate of drug-likeness (QED) is 0.452. The molecule has 1 saturated carbocycles. The number of hydrogen-bond donors (Lipinski definition) is 1. The van der Waals surface area contributed by atoms with Crippen LogP contribution in [0.5, 0.6) is 0 Å². The lowest BCUT2D eigenvalue weighted by Crippen LogP contribution is -2.32. The SMILES string of the molecule is CN(C)/C=C/C(O)=C1C(=O)CC(C)(C)CC1=O. The molecule has 0 spiro atoms. The molecular weight excluding hydrogens is 218 g/mol. The molecule has 1 aliphatic rings. The van der Waals surface area contributed by atoms with E-state index in [1.807, 2.05) is 13.8 Å². The number of ketones is 2. The summed E-state index contributed by atoms with van der Waals surface area (Å²) in [4.78, 5) is 25.4. The molecule has 0 atom stereocenters. The van der Waals surface area contributed by atoms with Crippen LogP contribution in [-0.4, -0.2) is 35.7 Å². The number of allylic oxidation sites excluding steroid dienone is 2. The summed E-state index contributed by atoms with van der Waals surface area (Å²) in [5.41, 5.74) is -0.356. The lowest BCUT2D eigenvalue weighted by Gasteiger charge is -2.28. The van der Waals surface area contributed by atoms with Gasteiger partial charge in [0, 0.05) is 33.1 Å². The predicted octanol–water partition coefficient (Wildman–Crippen LogP) is 1.83. The van der Waals surface area contributed by atoms with Crippen molar-refractivity contribution in [2.45, 2.75) is 26.7 Å². The van der Waals surface area contributed by atoms with E-state index < -0.39 is 0 Å². The van der Waals surface area contributed by atoms with Gasteiger partial charge in [0.15, 0.2) is 11.6 Å². The van der Waals surface area contributed by atoms with E-state index in [0.717, 1.165) is 0 Å². The van der Waals surface area contributed by atoms with Crippen LogP contribution in [0.15, 0.2) is 23.6 Å². The van der Waals surface area contributed by atoms with E-state index in [0.29, 0.717) is 12.8 Å². The summed E-state index contributed by atoms with van der Waals surface area (Å²) in [7, 11) is 3.59. The Bertz CT molecular complexity index is 381. The number of carbonyl (C=O) groups excluding carboxylic acids is 2. The predicted molar refractivity (Wildman–Crippen MR) is 65.5 cm³/mol. The Morgan fingerprint density at radius 1 is 1.24 bits per heavy atom. The molecule has 1 N–H and O–H groups in total. The van der Waals surface area contributed by atoms with Crippen molar-refractivity contribution in [2.75, 3.05) is 14.1 Å². The molecule has 1 rings (SSSR count). The number of hydrogen-bond acceptors (Lipinski definition) is 4. The minimum Gasteiger partial charge on any atom is -0.507 e. The smallest absolute Gasteiger partial charge is 0.170 e. The van der Waals surface area contributed by atoms with Crippen molar-refractivity contribution in [3.8, 4) is 0 Å². The van der Waals surface area contributed by atoms with Gasteiger partial charge >= 0.3 is 0 Å². The van der Waals surface area contributed by atoms with Crippen LogP contribution in [0.2, 0.25) is 0 Å². The average Bonchev–Trinajstić information content (AvgIpc) is 2.11. The van der Waals surface area contributed by atoms with E-state index in [1.165, 1.54) is 6.08 Å². The molecule has 17 heavy (non-hydrogen) atoms. The Balaban J connectivity index is 3.02. The largest absolute Gasteiger partial charge is 0.507 e. The molecule has 0 amide bonds. The van der Waals surface area contributed by atoms with E-state index in [2.05, 4.69) is 0 Å². The highest BCUT2D eigenvalue weighted by Crippen LogP contribution is 2.34. The molecule has 0 aromatic heterocycles. The zero-order valence-corrected chi connectivity index (χ0v) is 10.8. The van der Waals surface area contributed by atoms with Crippen LogP contribution in [0.3, 0.4) is 0 Å². The van der Waals surface area contributed by atoms with Gasteiger partial charge in [-0.15, -0.1) is 0 Å². The highest BCUT2D eigenvalue weighted by molar-refractivity contribution is 6.22. The first kappa shape index (κ1) is 13.5. The van der Waals surface area contributed by atoms with Gasteiger partial charge in [0.1, 0.15) is 11.3 Å². The topological polar surface area (TPSA) is 57.6 Å². The number of aliphatic hydroxyl groups excluding tert-OH is 1. The third-order valence-corrected chi connectivity index (χ3v) is 2.62. The van der Waals surface area contributed by atoms with Crippen LogP contribution in [0.4, 0.5) is 0 Å². The first-order chi connectivity index (χ1) is 7.73. The summed E-state index contributed by atoms with van der Waals surface area (Å²) >= 11 is 0. The van der Waals surface area contributed by atoms with Gasteiger partial charge in [-0.3, -0.25) is 9.59 Å². The molecule has 4 nitrogen and oxygen atoms in total. The molecule has 0 aromatic carbocycles. The van der Waals surface area contributed by atoms with Crippen molar-refractivity contribution < 1.29 is 14.7 Å². The number of rotatable bonds is 2. The number of carbonyl (C=O) groups is 2. The summed E-state index contributed by atoms with van der Waals surface area (Å²) in [5.74, 6) is -0.775. The first-order valence-corrected chi connectivity index (χ1v) is 5.57. The molecule has 0 unspecified atom stereocenters. The molecule has 0 radical (unpaired) electrons. The van der Waals surface area contributed by atoms with Crippen molar-refractivity contribution in [2.24, 2.45) is 5.41 Å². The molecule has 0 saturated heterocycles. The van der Waals surface area contributed by atoms with E-state index in [4.69, 9.17) is 0 Å². The van der Waals surface area contributed by atoms with Crippen LogP contribution in [0.1, 0.15) is 26.7 Å². The summed E-state index contributed by atoms with van der Waals surface area (Å²) in [6.45, 7) is 3.76. The number of Topliss-reactive ketones (excluding diaryl/α,β-unsaturated/α-hetero) is 2. The lowest BCUT2D eigenvalue weighted by molar-refractivity contribution is -0.127. The first-order valence-electron chi connectivity index (χ1n) is 5.57. The molecule has 0 aliphatic heterocycles. The maximum atomic E-state index is 11.8. The fourth-order valence-electron chi connectivity index (χ4n) is 1.85. The van der Waals surface area contributed by atoms with Crippen molar-refractivity contribution in [3.63, 3.8) is 0 Å². The van der Waals surface area contributed by atoms with Crippen molar-refractivity contribution in [3.05, 3.63) is 23.6 Å². The van der Waals surface area contributed by atoms with Gasteiger partial charge in [0.2, 0.25) is 0 Å². The summed E-state index contributed by atoms with van der Waals surface area (Å²) in [6, 6.07) is 0. The van der Waals surface area contributed by atoms with Crippen molar-refractivity contribution >= 4 is 11.6 Å². The Labute approximate surface area is 102 Å². The van der Waals surface area contributed by atoms with Crippen LogP contribution < -0.4 is 0 Å². The molecule has 0 heterocycles. The Morgan fingerprint density at radius 3 is 2.12 bits per heavy atom. The fraction of sp³-hybridized carbons (Fsp3) is 0.538. The number of aliphatic hydroxyl groups is 1. The second kappa shape index (κ2) is 4.73. The Hall–Kier alpha value is -1.58.